The van der Waals surface area contributed by atoms with Crippen molar-refractivity contribution < 1.29 is 22.7 Å². The Kier molecular flexibility index (Phi) is 4.92. The molecule has 0 fully saturated rings. The van der Waals surface area contributed by atoms with E-state index in [2.05, 4.69) is 25.7 Å². The van der Waals surface area contributed by atoms with E-state index in [0.29, 0.717) is 6.20 Å². The van der Waals surface area contributed by atoms with Gasteiger partial charge in [-0.1, -0.05) is 15.9 Å². The first kappa shape index (κ1) is 14.0. The molecule has 1 aromatic rings. The summed E-state index contributed by atoms with van der Waals surface area (Å²) in [5, 5.41) is -0.0967. The van der Waals surface area contributed by atoms with Crippen LogP contribution in [-0.4, -0.2) is 17.6 Å². The topological polar surface area (TPSA) is 39.2 Å². The Labute approximate surface area is 104 Å². The lowest BCUT2D eigenvalue weighted by molar-refractivity contribution is 0.0516. The van der Waals surface area contributed by atoms with Gasteiger partial charge in [0.05, 0.1) is 12.2 Å². The number of ether oxygens (including phenoxy) is 1. The molecular formula is C10H9BrF3NO2. The second-order valence-electron chi connectivity index (χ2n) is 3.01. The molecule has 0 saturated heterocycles. The SMILES string of the molecule is CCOC(=O)c1ncc(C(F)F)c(F)c1CBr. The number of hydrogen-bond donors (Lipinski definition) is 0. The highest BCUT2D eigenvalue weighted by molar-refractivity contribution is 9.08. The first-order chi connectivity index (χ1) is 8.02. The Morgan fingerprint density at radius 2 is 2.24 bits per heavy atom. The van der Waals surface area contributed by atoms with E-state index in [1.807, 2.05) is 0 Å². The molecular weight excluding hydrogens is 303 g/mol. The largest absolute Gasteiger partial charge is 0.461 e. The lowest BCUT2D eigenvalue weighted by Gasteiger charge is -2.09. The minimum atomic E-state index is -2.98. The monoisotopic (exact) mass is 311 g/mol. The van der Waals surface area contributed by atoms with Gasteiger partial charge in [0.1, 0.15) is 5.82 Å². The van der Waals surface area contributed by atoms with Crippen molar-refractivity contribution in [3.63, 3.8) is 0 Å². The molecule has 17 heavy (non-hydrogen) atoms. The first-order valence-electron chi connectivity index (χ1n) is 4.71. The number of alkyl halides is 3. The van der Waals surface area contributed by atoms with Gasteiger partial charge in [-0.05, 0) is 6.92 Å². The average Bonchev–Trinajstić information content (AvgIpc) is 2.28. The zero-order valence-corrected chi connectivity index (χ0v) is 10.4. The summed E-state index contributed by atoms with van der Waals surface area (Å²) in [7, 11) is 0. The smallest absolute Gasteiger partial charge is 0.357 e. The fourth-order valence-electron chi connectivity index (χ4n) is 1.20. The number of esters is 1. The number of pyridine rings is 1. The van der Waals surface area contributed by atoms with E-state index in [4.69, 9.17) is 0 Å². The Balaban J connectivity index is 3.25. The van der Waals surface area contributed by atoms with Crippen molar-refractivity contribution >= 4 is 21.9 Å². The molecule has 0 radical (unpaired) electrons. The number of hydrogen-bond acceptors (Lipinski definition) is 3. The maximum atomic E-state index is 13.6. The molecule has 0 amide bonds. The second-order valence-corrected chi connectivity index (χ2v) is 3.57. The van der Waals surface area contributed by atoms with Crippen LogP contribution >= 0.6 is 15.9 Å². The average molecular weight is 312 g/mol. The van der Waals surface area contributed by atoms with Crippen LogP contribution in [0.2, 0.25) is 0 Å². The van der Waals surface area contributed by atoms with Gasteiger partial charge >= 0.3 is 5.97 Å². The third-order valence-electron chi connectivity index (χ3n) is 1.97. The molecule has 0 unspecified atom stereocenters. The van der Waals surface area contributed by atoms with Gasteiger partial charge in [-0.2, -0.15) is 0 Å². The van der Waals surface area contributed by atoms with Gasteiger partial charge in [-0.15, -0.1) is 0 Å². The number of carbonyl (C=O) groups excluding carboxylic acids is 1. The van der Waals surface area contributed by atoms with Gasteiger partial charge in [0.2, 0.25) is 0 Å². The van der Waals surface area contributed by atoms with Crippen LogP contribution in [0.15, 0.2) is 6.20 Å². The standard InChI is InChI=1S/C10H9BrF3NO2/c1-2-17-10(16)8-5(3-11)7(12)6(4-15-8)9(13)14/h4,9H,2-3H2,1H3. The van der Waals surface area contributed by atoms with Gasteiger partial charge in [-0.25, -0.2) is 22.9 Å². The Bertz CT molecular complexity index is 426. The Hall–Kier alpha value is -1.11. The van der Waals surface area contributed by atoms with E-state index >= 15 is 0 Å². The third kappa shape index (κ3) is 2.96. The van der Waals surface area contributed by atoms with Crippen molar-refractivity contribution in [1.29, 1.82) is 0 Å². The fraction of sp³-hybridized carbons (Fsp3) is 0.400. The second kappa shape index (κ2) is 6.00. The maximum absolute atomic E-state index is 13.6. The van der Waals surface area contributed by atoms with Crippen molar-refractivity contribution in [2.45, 2.75) is 18.7 Å². The maximum Gasteiger partial charge on any atom is 0.357 e. The van der Waals surface area contributed by atoms with E-state index in [0.717, 1.165) is 0 Å². The predicted octanol–water partition coefficient (Wildman–Crippen LogP) is 3.23. The molecule has 0 aliphatic heterocycles. The van der Waals surface area contributed by atoms with E-state index in [1.165, 1.54) is 0 Å². The Morgan fingerprint density at radius 3 is 2.71 bits per heavy atom. The summed E-state index contributed by atoms with van der Waals surface area (Å²) in [4.78, 5) is 14.9. The quantitative estimate of drug-likeness (QED) is 0.633. The fourth-order valence-corrected chi connectivity index (χ4v) is 1.71. The number of rotatable bonds is 4. The van der Waals surface area contributed by atoms with Gasteiger partial charge < -0.3 is 4.74 Å². The zero-order valence-electron chi connectivity index (χ0n) is 8.84. The highest BCUT2D eigenvalue weighted by Crippen LogP contribution is 2.26. The summed E-state index contributed by atoms with van der Waals surface area (Å²) in [6, 6.07) is 0. The van der Waals surface area contributed by atoms with Crippen LogP contribution in [0.5, 0.6) is 0 Å². The molecule has 0 aliphatic carbocycles. The molecule has 0 N–H and O–H groups in total. The molecule has 0 atom stereocenters. The number of carbonyl (C=O) groups is 1. The lowest BCUT2D eigenvalue weighted by Crippen LogP contribution is -2.13. The van der Waals surface area contributed by atoms with Gasteiger partial charge in [0.25, 0.3) is 6.43 Å². The first-order valence-corrected chi connectivity index (χ1v) is 5.83. The van der Waals surface area contributed by atoms with Gasteiger partial charge in [0.15, 0.2) is 5.69 Å². The van der Waals surface area contributed by atoms with Crippen LogP contribution in [0.4, 0.5) is 13.2 Å². The van der Waals surface area contributed by atoms with Gasteiger partial charge in [-0.3, -0.25) is 0 Å². The molecule has 0 bridgehead atoms. The van der Waals surface area contributed by atoms with E-state index in [-0.39, 0.29) is 23.2 Å². The summed E-state index contributed by atoms with van der Waals surface area (Å²) in [5.41, 5.74) is -1.33. The van der Waals surface area contributed by atoms with Crippen LogP contribution < -0.4 is 0 Å². The summed E-state index contributed by atoms with van der Waals surface area (Å²) < 4.78 is 43.1. The minimum Gasteiger partial charge on any atom is -0.461 e. The Morgan fingerprint density at radius 1 is 1.59 bits per heavy atom. The number of nitrogens with zero attached hydrogens (tertiary/aromatic N) is 1. The van der Waals surface area contributed by atoms with Crippen molar-refractivity contribution in [3.05, 3.63) is 28.8 Å². The van der Waals surface area contributed by atoms with E-state index < -0.39 is 23.8 Å². The molecule has 0 aromatic carbocycles. The van der Waals surface area contributed by atoms with Crippen LogP contribution in [-0.2, 0) is 10.1 Å². The van der Waals surface area contributed by atoms with E-state index in [9.17, 15) is 18.0 Å². The minimum absolute atomic E-state index is 0.0967. The molecule has 3 nitrogen and oxygen atoms in total. The number of halogens is 4. The molecule has 94 valence electrons. The lowest BCUT2D eigenvalue weighted by atomic mass is 10.1. The highest BCUT2D eigenvalue weighted by atomic mass is 79.9. The molecule has 0 spiro atoms. The molecule has 1 rings (SSSR count). The van der Waals surface area contributed by atoms with Crippen LogP contribution in [0.3, 0.4) is 0 Å². The van der Waals surface area contributed by atoms with Crippen LogP contribution in [0.25, 0.3) is 0 Å². The van der Waals surface area contributed by atoms with Crippen molar-refractivity contribution in [3.8, 4) is 0 Å². The zero-order chi connectivity index (χ0) is 13.0. The molecule has 0 saturated carbocycles. The van der Waals surface area contributed by atoms with Crippen molar-refractivity contribution in [2.24, 2.45) is 0 Å². The van der Waals surface area contributed by atoms with Crippen molar-refractivity contribution in [2.75, 3.05) is 6.61 Å². The normalized spacial score (nSPS) is 10.7. The summed E-state index contributed by atoms with van der Waals surface area (Å²) in [6.45, 7) is 1.68. The molecule has 7 heteroatoms. The van der Waals surface area contributed by atoms with Gasteiger partial charge in [0, 0.05) is 17.1 Å². The van der Waals surface area contributed by atoms with Crippen LogP contribution in [0.1, 0.15) is 35.0 Å². The summed E-state index contributed by atoms with van der Waals surface area (Å²) in [6.07, 6.45) is -2.32. The van der Waals surface area contributed by atoms with Crippen molar-refractivity contribution in [1.82, 2.24) is 4.98 Å². The summed E-state index contributed by atoms with van der Waals surface area (Å²) in [5.74, 6) is -1.96. The third-order valence-corrected chi connectivity index (χ3v) is 2.54. The highest BCUT2D eigenvalue weighted by Gasteiger charge is 2.23. The van der Waals surface area contributed by atoms with E-state index in [1.54, 1.807) is 6.92 Å². The van der Waals surface area contributed by atoms with Crippen LogP contribution in [0, 0.1) is 5.82 Å². The number of aromatic nitrogens is 1. The molecule has 1 aromatic heterocycles. The predicted molar refractivity (Wildman–Crippen MR) is 57.7 cm³/mol. The summed E-state index contributed by atoms with van der Waals surface area (Å²) >= 11 is 2.93. The molecule has 0 aliphatic rings. The molecule has 1 heterocycles.